The fourth-order valence-corrected chi connectivity index (χ4v) is 3.59. The molecule has 23 heavy (non-hydrogen) atoms. The molecule has 2 aromatic rings. The summed E-state index contributed by atoms with van der Waals surface area (Å²) >= 11 is 4.63. The largest absolute Gasteiger partial charge is 0.325 e. The van der Waals surface area contributed by atoms with Gasteiger partial charge in [0, 0.05) is 15.9 Å². The van der Waals surface area contributed by atoms with Gasteiger partial charge in [-0.2, -0.15) is 0 Å². The van der Waals surface area contributed by atoms with Crippen molar-refractivity contribution >= 4 is 39.3 Å². The molecule has 0 fully saturated rings. The van der Waals surface area contributed by atoms with Gasteiger partial charge in [0.15, 0.2) is 0 Å². The van der Waals surface area contributed by atoms with Crippen LogP contribution in [0, 0.1) is 26.6 Å². The Hall–Kier alpha value is -1.33. The Labute approximate surface area is 149 Å². The van der Waals surface area contributed by atoms with Crippen LogP contribution in [0.1, 0.15) is 22.3 Å². The zero-order valence-corrected chi connectivity index (χ0v) is 15.8. The second kappa shape index (κ2) is 7.97. The second-order valence-electron chi connectivity index (χ2n) is 5.55. The van der Waals surface area contributed by atoms with E-state index in [1.165, 1.54) is 23.4 Å². The van der Waals surface area contributed by atoms with Gasteiger partial charge in [-0.25, -0.2) is 4.39 Å². The molecule has 0 bridgehead atoms. The highest BCUT2D eigenvalue weighted by Crippen LogP contribution is 2.23. The Balaban J connectivity index is 1.91. The number of nitrogens with one attached hydrogen (secondary N) is 1. The molecule has 2 rings (SSSR count). The molecule has 0 aliphatic heterocycles. The van der Waals surface area contributed by atoms with Crippen LogP contribution in [0.2, 0.25) is 0 Å². The van der Waals surface area contributed by atoms with Gasteiger partial charge in [-0.3, -0.25) is 4.79 Å². The lowest BCUT2D eigenvalue weighted by molar-refractivity contribution is -0.113. The predicted molar refractivity (Wildman–Crippen MR) is 99.5 cm³/mol. The SMILES string of the molecule is Cc1cc(C)c(NC(=O)CSCc2ccc(Br)cc2F)c(C)c1. The average Bonchev–Trinajstić information content (AvgIpc) is 2.45. The highest BCUT2D eigenvalue weighted by atomic mass is 79.9. The first-order chi connectivity index (χ1) is 10.9. The zero-order valence-electron chi connectivity index (χ0n) is 13.4. The van der Waals surface area contributed by atoms with Crippen molar-refractivity contribution in [3.05, 3.63) is 62.9 Å². The van der Waals surface area contributed by atoms with E-state index in [9.17, 15) is 9.18 Å². The zero-order chi connectivity index (χ0) is 17.0. The minimum absolute atomic E-state index is 0.0671. The average molecular weight is 396 g/mol. The number of aryl methyl sites for hydroxylation is 3. The fourth-order valence-electron chi connectivity index (χ4n) is 2.45. The van der Waals surface area contributed by atoms with E-state index in [2.05, 4.69) is 21.2 Å². The maximum Gasteiger partial charge on any atom is 0.234 e. The molecule has 1 amide bonds. The van der Waals surface area contributed by atoms with Crippen molar-refractivity contribution in [1.29, 1.82) is 0 Å². The van der Waals surface area contributed by atoms with Crippen molar-refractivity contribution < 1.29 is 9.18 Å². The summed E-state index contributed by atoms with van der Waals surface area (Å²) in [6.07, 6.45) is 0. The molecular formula is C18H19BrFNOS. The van der Waals surface area contributed by atoms with Crippen molar-refractivity contribution in [3.8, 4) is 0 Å². The number of hydrogen-bond acceptors (Lipinski definition) is 2. The number of thioether (sulfide) groups is 1. The molecule has 2 nitrogen and oxygen atoms in total. The molecule has 0 radical (unpaired) electrons. The number of carbonyl (C=O) groups is 1. The van der Waals surface area contributed by atoms with E-state index >= 15 is 0 Å². The second-order valence-corrected chi connectivity index (χ2v) is 7.45. The Morgan fingerprint density at radius 1 is 1.17 bits per heavy atom. The van der Waals surface area contributed by atoms with E-state index in [-0.39, 0.29) is 11.7 Å². The van der Waals surface area contributed by atoms with Crippen LogP contribution in [-0.4, -0.2) is 11.7 Å². The molecule has 0 aliphatic rings. The quantitative estimate of drug-likeness (QED) is 0.735. The summed E-state index contributed by atoms with van der Waals surface area (Å²) in [7, 11) is 0. The van der Waals surface area contributed by atoms with Crippen molar-refractivity contribution in [3.63, 3.8) is 0 Å². The number of benzene rings is 2. The standard InChI is InChI=1S/C18H19BrFNOS/c1-11-6-12(2)18(13(3)7-11)21-17(22)10-23-9-14-4-5-15(19)8-16(14)20/h4-8H,9-10H2,1-3H3,(H,21,22). The fraction of sp³-hybridized carbons (Fsp3) is 0.278. The first-order valence-corrected chi connectivity index (χ1v) is 9.21. The molecule has 0 unspecified atom stereocenters. The van der Waals surface area contributed by atoms with Crippen molar-refractivity contribution in [2.24, 2.45) is 0 Å². The first-order valence-electron chi connectivity index (χ1n) is 7.26. The van der Waals surface area contributed by atoms with Crippen LogP contribution in [-0.2, 0) is 10.5 Å². The third-order valence-corrected chi connectivity index (χ3v) is 4.92. The Bertz CT molecular complexity index is 710. The lowest BCUT2D eigenvalue weighted by Gasteiger charge is -2.12. The van der Waals surface area contributed by atoms with Gasteiger partial charge in [0.05, 0.1) is 5.75 Å². The predicted octanol–water partition coefficient (Wildman–Crippen LogP) is 5.39. The van der Waals surface area contributed by atoms with Crippen LogP contribution in [0.3, 0.4) is 0 Å². The van der Waals surface area contributed by atoms with Gasteiger partial charge in [-0.05, 0) is 49.6 Å². The molecule has 5 heteroatoms. The van der Waals surface area contributed by atoms with E-state index in [0.717, 1.165) is 16.8 Å². The smallest absolute Gasteiger partial charge is 0.234 e. The molecule has 0 atom stereocenters. The van der Waals surface area contributed by atoms with Crippen LogP contribution in [0.5, 0.6) is 0 Å². The number of amides is 1. The van der Waals surface area contributed by atoms with Crippen LogP contribution in [0.25, 0.3) is 0 Å². The molecule has 0 heterocycles. The van der Waals surface area contributed by atoms with E-state index < -0.39 is 0 Å². The molecule has 122 valence electrons. The topological polar surface area (TPSA) is 29.1 Å². The summed E-state index contributed by atoms with van der Waals surface area (Å²) in [6.45, 7) is 6.01. The van der Waals surface area contributed by atoms with Crippen molar-refractivity contribution in [1.82, 2.24) is 0 Å². The molecule has 0 aromatic heterocycles. The Morgan fingerprint density at radius 2 is 1.83 bits per heavy atom. The number of halogens is 2. The highest BCUT2D eigenvalue weighted by Gasteiger charge is 2.09. The van der Waals surface area contributed by atoms with Crippen LogP contribution in [0.4, 0.5) is 10.1 Å². The van der Waals surface area contributed by atoms with Gasteiger partial charge in [-0.1, -0.05) is 39.7 Å². The summed E-state index contributed by atoms with van der Waals surface area (Å²) in [4.78, 5) is 12.1. The molecule has 1 N–H and O–H groups in total. The molecule has 0 spiro atoms. The number of hydrogen-bond donors (Lipinski definition) is 1. The van der Waals surface area contributed by atoms with E-state index in [0.29, 0.717) is 21.5 Å². The summed E-state index contributed by atoms with van der Waals surface area (Å²) in [5.41, 5.74) is 4.77. The van der Waals surface area contributed by atoms with Gasteiger partial charge in [0.1, 0.15) is 5.82 Å². The lowest BCUT2D eigenvalue weighted by atomic mass is 10.1. The molecule has 2 aromatic carbocycles. The van der Waals surface area contributed by atoms with Gasteiger partial charge in [-0.15, -0.1) is 11.8 Å². The minimum Gasteiger partial charge on any atom is -0.325 e. The molecular weight excluding hydrogens is 377 g/mol. The summed E-state index contributed by atoms with van der Waals surface area (Å²) < 4.78 is 14.4. The normalized spacial score (nSPS) is 10.7. The Morgan fingerprint density at radius 3 is 2.43 bits per heavy atom. The minimum atomic E-state index is -0.252. The summed E-state index contributed by atoms with van der Waals surface area (Å²) in [5.74, 6) is 0.445. The van der Waals surface area contributed by atoms with Crippen LogP contribution in [0.15, 0.2) is 34.8 Å². The van der Waals surface area contributed by atoms with E-state index in [1.54, 1.807) is 12.1 Å². The van der Waals surface area contributed by atoms with Gasteiger partial charge in [0.2, 0.25) is 5.91 Å². The molecule has 0 saturated heterocycles. The monoisotopic (exact) mass is 395 g/mol. The first kappa shape index (κ1) is 18.0. The van der Waals surface area contributed by atoms with Gasteiger partial charge in [0.25, 0.3) is 0 Å². The van der Waals surface area contributed by atoms with Gasteiger partial charge < -0.3 is 5.32 Å². The lowest BCUT2D eigenvalue weighted by Crippen LogP contribution is -2.16. The van der Waals surface area contributed by atoms with Gasteiger partial charge >= 0.3 is 0 Å². The Kier molecular flexibility index (Phi) is 6.25. The van der Waals surface area contributed by atoms with E-state index in [4.69, 9.17) is 0 Å². The third-order valence-electron chi connectivity index (χ3n) is 3.45. The summed E-state index contributed by atoms with van der Waals surface area (Å²) in [5, 5.41) is 2.95. The third kappa shape index (κ3) is 5.08. The maximum atomic E-state index is 13.7. The number of rotatable bonds is 5. The van der Waals surface area contributed by atoms with E-state index in [1.807, 2.05) is 32.9 Å². The van der Waals surface area contributed by atoms with Crippen molar-refractivity contribution in [2.75, 3.05) is 11.1 Å². The molecule has 0 saturated carbocycles. The van der Waals surface area contributed by atoms with Crippen LogP contribution < -0.4 is 5.32 Å². The highest BCUT2D eigenvalue weighted by molar-refractivity contribution is 9.10. The van der Waals surface area contributed by atoms with Crippen LogP contribution >= 0.6 is 27.7 Å². The number of anilines is 1. The van der Waals surface area contributed by atoms with Crippen molar-refractivity contribution in [2.45, 2.75) is 26.5 Å². The summed E-state index contributed by atoms with van der Waals surface area (Å²) in [6, 6.07) is 9.07. The number of carbonyl (C=O) groups excluding carboxylic acids is 1. The maximum absolute atomic E-state index is 13.7. The molecule has 0 aliphatic carbocycles.